The number of aliphatic hydroxyl groups excluding tert-OH is 1. The Morgan fingerprint density at radius 2 is 1.08 bits per heavy atom. The molecule has 0 bridgehead atoms. The molecule has 4 aromatic carbocycles. The number of benzene rings is 4. The van der Waals surface area contributed by atoms with Crippen LogP contribution < -0.4 is 26.6 Å². The first-order valence-corrected chi connectivity index (χ1v) is 17.5. The van der Waals surface area contributed by atoms with Gasteiger partial charge in [-0.3, -0.25) is 19.7 Å². The number of ether oxygens (including phenoxy) is 1. The van der Waals surface area contributed by atoms with Crippen molar-refractivity contribution in [3.8, 4) is 0 Å². The van der Waals surface area contributed by atoms with E-state index < -0.39 is 48.2 Å². The Balaban J connectivity index is 1.52. The third-order valence-electron chi connectivity index (χ3n) is 8.53. The van der Waals surface area contributed by atoms with Gasteiger partial charge in [-0.05, 0) is 41.5 Å². The molecule has 0 aliphatic carbocycles. The molecule has 6 N–H and O–H groups in total. The van der Waals surface area contributed by atoms with E-state index in [9.17, 15) is 24.3 Å². The van der Waals surface area contributed by atoms with Crippen molar-refractivity contribution < 1.29 is 29.0 Å². The summed E-state index contributed by atoms with van der Waals surface area (Å²) in [5, 5.41) is 26.3. The molecule has 5 atom stereocenters. The van der Waals surface area contributed by atoms with Gasteiger partial charge in [0, 0.05) is 13.1 Å². The van der Waals surface area contributed by atoms with Crippen LogP contribution in [0, 0.1) is 5.92 Å². The van der Waals surface area contributed by atoms with Gasteiger partial charge in [0.15, 0.2) is 0 Å². The predicted molar refractivity (Wildman–Crippen MR) is 199 cm³/mol. The maximum atomic E-state index is 14.1. The molecule has 0 saturated heterocycles. The van der Waals surface area contributed by atoms with Crippen molar-refractivity contribution in [3.05, 3.63) is 144 Å². The first-order chi connectivity index (χ1) is 25.1. The lowest BCUT2D eigenvalue weighted by molar-refractivity contribution is -0.133. The Bertz CT molecular complexity index is 1690. The summed E-state index contributed by atoms with van der Waals surface area (Å²) in [6.07, 6.45) is -2.08. The molecular weight excluding hydrogens is 658 g/mol. The van der Waals surface area contributed by atoms with E-state index in [1.807, 2.05) is 135 Å². The molecule has 0 saturated carbocycles. The Morgan fingerprint density at radius 3 is 1.62 bits per heavy atom. The molecule has 52 heavy (non-hydrogen) atoms. The summed E-state index contributed by atoms with van der Waals surface area (Å²) in [6, 6.07) is 33.0. The fraction of sp³-hybridized carbons (Fsp3) is 0.317. The molecule has 0 heterocycles. The minimum absolute atomic E-state index is 0.0296. The molecule has 11 nitrogen and oxygen atoms in total. The molecule has 4 rings (SSSR count). The quantitative estimate of drug-likeness (QED) is 0.0913. The van der Waals surface area contributed by atoms with E-state index in [0.717, 1.165) is 22.3 Å². The topological polar surface area (TPSA) is 158 Å². The minimum Gasteiger partial charge on any atom is -0.445 e. The maximum Gasteiger partial charge on any atom is 0.408 e. The molecule has 274 valence electrons. The van der Waals surface area contributed by atoms with Gasteiger partial charge in [-0.1, -0.05) is 135 Å². The monoisotopic (exact) mass is 707 g/mol. The first kappa shape index (κ1) is 39.3. The minimum atomic E-state index is -1.47. The van der Waals surface area contributed by atoms with Crippen LogP contribution in [0.25, 0.3) is 0 Å². The van der Waals surface area contributed by atoms with Crippen molar-refractivity contribution >= 4 is 23.8 Å². The summed E-state index contributed by atoms with van der Waals surface area (Å²) in [5.74, 6) is -1.84. The maximum absolute atomic E-state index is 14.1. The number of rotatable bonds is 18. The van der Waals surface area contributed by atoms with Gasteiger partial charge in [0.1, 0.15) is 24.7 Å². The number of hydrogen-bond donors (Lipinski definition) is 6. The summed E-state index contributed by atoms with van der Waals surface area (Å²) in [5.41, 5.74) is 3.37. The van der Waals surface area contributed by atoms with E-state index >= 15 is 0 Å². The standard InChI is InChI=1S/C41H49N5O6/c1-28(2)35(39(49)43-26-32-20-12-6-13-21-32)46-40(50)36(42-25-31-18-10-5-11-19-31)37(47)34(24-30-16-8-4-9-17-30)45-38(48)29(3)44-41(51)52-27-33-22-14-7-15-23-33/h4-23,28-29,34-37,42,47H,24-27H2,1-3H3,(H,43,49)(H,44,51)(H,45,48)(H,46,50)/t29-,34?,35-,36?,37?/m0/s1. The third kappa shape index (κ3) is 12.7. The van der Waals surface area contributed by atoms with Gasteiger partial charge in [-0.15, -0.1) is 0 Å². The highest BCUT2D eigenvalue weighted by Gasteiger charge is 2.37. The molecule has 0 radical (unpaired) electrons. The molecule has 4 amide bonds. The summed E-state index contributed by atoms with van der Waals surface area (Å²) < 4.78 is 5.28. The van der Waals surface area contributed by atoms with Crippen molar-refractivity contribution in [2.24, 2.45) is 5.92 Å². The summed E-state index contributed by atoms with van der Waals surface area (Å²) >= 11 is 0. The lowest BCUT2D eigenvalue weighted by Gasteiger charge is -2.33. The van der Waals surface area contributed by atoms with Crippen LogP contribution in [-0.2, 0) is 45.2 Å². The number of alkyl carbamates (subject to hydrolysis) is 1. The number of carbonyl (C=O) groups is 4. The molecule has 0 aliphatic rings. The largest absolute Gasteiger partial charge is 0.445 e. The number of aliphatic hydroxyl groups is 1. The second kappa shape index (κ2) is 20.4. The second-order valence-electron chi connectivity index (χ2n) is 13.0. The number of carbonyl (C=O) groups excluding carboxylic acids is 4. The van der Waals surface area contributed by atoms with Crippen LogP contribution in [-0.4, -0.2) is 59.2 Å². The van der Waals surface area contributed by atoms with Gasteiger partial charge in [0.2, 0.25) is 17.7 Å². The van der Waals surface area contributed by atoms with Crippen LogP contribution in [0.5, 0.6) is 0 Å². The van der Waals surface area contributed by atoms with E-state index in [2.05, 4.69) is 26.6 Å². The number of amides is 4. The fourth-order valence-corrected chi connectivity index (χ4v) is 5.54. The molecule has 0 spiro atoms. The van der Waals surface area contributed by atoms with Gasteiger partial charge in [-0.25, -0.2) is 4.79 Å². The molecule has 11 heteroatoms. The van der Waals surface area contributed by atoms with Crippen LogP contribution in [0.15, 0.2) is 121 Å². The highest BCUT2D eigenvalue weighted by atomic mass is 16.5. The van der Waals surface area contributed by atoms with Gasteiger partial charge in [0.05, 0.1) is 12.1 Å². The Morgan fingerprint density at radius 1 is 0.577 bits per heavy atom. The Kier molecular flexibility index (Phi) is 15.4. The zero-order valence-corrected chi connectivity index (χ0v) is 29.8. The molecule has 3 unspecified atom stereocenters. The van der Waals surface area contributed by atoms with Crippen molar-refractivity contribution in [1.29, 1.82) is 0 Å². The van der Waals surface area contributed by atoms with Crippen LogP contribution in [0.1, 0.15) is 43.0 Å². The van der Waals surface area contributed by atoms with Crippen molar-refractivity contribution in [2.45, 2.75) is 77.2 Å². The van der Waals surface area contributed by atoms with Crippen molar-refractivity contribution in [1.82, 2.24) is 26.6 Å². The lowest BCUT2D eigenvalue weighted by atomic mass is 9.94. The molecular formula is C41H49N5O6. The third-order valence-corrected chi connectivity index (χ3v) is 8.53. The van der Waals surface area contributed by atoms with E-state index in [-0.39, 0.29) is 37.9 Å². The highest BCUT2D eigenvalue weighted by molar-refractivity contribution is 5.90. The average Bonchev–Trinajstić information content (AvgIpc) is 3.16. The normalized spacial score (nSPS) is 13.9. The van der Waals surface area contributed by atoms with Crippen LogP contribution in [0.4, 0.5) is 4.79 Å². The molecule has 4 aromatic rings. The number of hydrogen-bond acceptors (Lipinski definition) is 7. The predicted octanol–water partition coefficient (Wildman–Crippen LogP) is 4.01. The fourth-order valence-electron chi connectivity index (χ4n) is 5.54. The van der Waals surface area contributed by atoms with Crippen molar-refractivity contribution in [3.63, 3.8) is 0 Å². The average molecular weight is 708 g/mol. The van der Waals surface area contributed by atoms with Gasteiger partial charge in [-0.2, -0.15) is 0 Å². The van der Waals surface area contributed by atoms with Crippen LogP contribution in [0.3, 0.4) is 0 Å². The smallest absolute Gasteiger partial charge is 0.408 e. The first-order valence-electron chi connectivity index (χ1n) is 17.5. The summed E-state index contributed by atoms with van der Waals surface area (Å²) in [7, 11) is 0. The Hall–Kier alpha value is -5.52. The summed E-state index contributed by atoms with van der Waals surface area (Å²) in [4.78, 5) is 53.5. The SMILES string of the molecule is CC(C)[C@H](NC(=O)C(NCc1ccccc1)C(O)C(Cc1ccccc1)NC(=O)[C@H](C)NC(=O)OCc1ccccc1)C(=O)NCc1ccccc1. The van der Waals surface area contributed by atoms with Crippen molar-refractivity contribution in [2.75, 3.05) is 0 Å². The van der Waals surface area contributed by atoms with Gasteiger partial charge >= 0.3 is 6.09 Å². The molecule has 0 aromatic heterocycles. The Labute approximate surface area is 305 Å². The molecule has 0 aliphatic heterocycles. The lowest BCUT2D eigenvalue weighted by Crippen LogP contribution is -2.62. The van der Waals surface area contributed by atoms with Gasteiger partial charge in [0.25, 0.3) is 0 Å². The highest BCUT2D eigenvalue weighted by Crippen LogP contribution is 2.13. The van der Waals surface area contributed by atoms with Crippen LogP contribution in [0.2, 0.25) is 0 Å². The number of nitrogens with one attached hydrogen (secondary N) is 5. The summed E-state index contributed by atoms with van der Waals surface area (Å²) in [6.45, 7) is 5.70. The second-order valence-corrected chi connectivity index (χ2v) is 13.0. The molecule has 0 fully saturated rings. The van der Waals surface area contributed by atoms with Gasteiger partial charge < -0.3 is 31.1 Å². The zero-order chi connectivity index (χ0) is 37.3. The van der Waals surface area contributed by atoms with Crippen LogP contribution >= 0.6 is 0 Å². The zero-order valence-electron chi connectivity index (χ0n) is 29.8. The van der Waals surface area contributed by atoms with E-state index in [0.29, 0.717) is 0 Å². The van der Waals surface area contributed by atoms with E-state index in [4.69, 9.17) is 4.74 Å². The van der Waals surface area contributed by atoms with E-state index in [1.165, 1.54) is 6.92 Å². The van der Waals surface area contributed by atoms with E-state index in [1.54, 1.807) is 0 Å².